The van der Waals surface area contributed by atoms with E-state index >= 15 is 0 Å². The van der Waals surface area contributed by atoms with E-state index in [4.69, 9.17) is 32.7 Å². The number of nitriles is 2. The van der Waals surface area contributed by atoms with Crippen molar-refractivity contribution < 1.29 is 9.47 Å². The van der Waals surface area contributed by atoms with Gasteiger partial charge in [-0.3, -0.25) is 0 Å². The lowest BCUT2D eigenvalue weighted by Crippen LogP contribution is -2.11. The number of halogens is 2. The van der Waals surface area contributed by atoms with E-state index in [1.807, 2.05) is 6.07 Å². The first kappa shape index (κ1) is 18.9. The second-order valence-corrected chi connectivity index (χ2v) is 6.14. The van der Waals surface area contributed by atoms with Gasteiger partial charge in [0, 0.05) is 27.9 Å². The summed E-state index contributed by atoms with van der Waals surface area (Å²) in [5.74, 6) is 0.0299. The molecule has 25 heavy (non-hydrogen) atoms. The normalized spacial score (nSPS) is 12.6. The molecule has 0 bridgehead atoms. The van der Waals surface area contributed by atoms with Crippen molar-refractivity contribution in [3.63, 3.8) is 0 Å². The van der Waals surface area contributed by atoms with E-state index in [0.29, 0.717) is 27.1 Å². The molecule has 0 unspecified atom stereocenters. The maximum atomic E-state index is 9.78. The largest absolute Gasteiger partial charge is 0.493 e. The molecule has 0 aliphatic heterocycles. The molecule has 128 valence electrons. The minimum absolute atomic E-state index is 0.134. The second kappa shape index (κ2) is 8.62. The van der Waals surface area contributed by atoms with Gasteiger partial charge in [0.05, 0.1) is 32.3 Å². The molecule has 0 N–H and O–H groups in total. The Labute approximate surface area is 157 Å². The Balaban J connectivity index is 2.57. The molecule has 4 nitrogen and oxygen atoms in total. The molecule has 0 radical (unpaired) electrons. The molecule has 2 rings (SSSR count). The molecule has 2 atom stereocenters. The van der Waals surface area contributed by atoms with Crippen molar-refractivity contribution in [2.24, 2.45) is 0 Å². The Bertz CT molecular complexity index is 820. The number of ether oxygens (including phenoxy) is 2. The van der Waals surface area contributed by atoms with Crippen molar-refractivity contribution in [1.82, 2.24) is 0 Å². The lowest BCUT2D eigenvalue weighted by Gasteiger charge is -2.23. The van der Waals surface area contributed by atoms with Crippen molar-refractivity contribution in [3.05, 3.63) is 57.6 Å². The van der Waals surface area contributed by atoms with Crippen LogP contribution >= 0.6 is 23.2 Å². The quantitative estimate of drug-likeness (QED) is 0.686. The zero-order valence-electron chi connectivity index (χ0n) is 13.8. The van der Waals surface area contributed by atoms with Gasteiger partial charge in [0.1, 0.15) is 0 Å². The summed E-state index contributed by atoms with van der Waals surface area (Å²) in [4.78, 5) is 0. The SMILES string of the molecule is COc1ccc([C@H](CC#N)[C@@H](C#N)c2c(Cl)cccc2Cl)cc1OC. The summed E-state index contributed by atoms with van der Waals surface area (Å²) in [5.41, 5.74) is 1.31. The van der Waals surface area contributed by atoms with E-state index in [-0.39, 0.29) is 6.42 Å². The predicted molar refractivity (Wildman–Crippen MR) is 97.3 cm³/mol. The van der Waals surface area contributed by atoms with Gasteiger partial charge in [0.15, 0.2) is 11.5 Å². The molecular weight excluding hydrogens is 359 g/mol. The number of benzene rings is 2. The van der Waals surface area contributed by atoms with Gasteiger partial charge < -0.3 is 9.47 Å². The van der Waals surface area contributed by atoms with Crippen molar-refractivity contribution in [2.75, 3.05) is 14.2 Å². The Morgan fingerprint density at radius 1 is 1.00 bits per heavy atom. The third-order valence-electron chi connectivity index (χ3n) is 4.00. The molecule has 0 aliphatic carbocycles. The highest BCUT2D eigenvalue weighted by molar-refractivity contribution is 6.36. The molecule has 6 heteroatoms. The Morgan fingerprint density at radius 2 is 1.64 bits per heavy atom. The molecular formula is C19H16Cl2N2O2. The maximum Gasteiger partial charge on any atom is 0.160 e. The average Bonchev–Trinajstić information content (AvgIpc) is 2.63. The number of hydrogen-bond acceptors (Lipinski definition) is 4. The highest BCUT2D eigenvalue weighted by Gasteiger charge is 2.29. The highest BCUT2D eigenvalue weighted by atomic mass is 35.5. The summed E-state index contributed by atoms with van der Waals surface area (Å²) in [7, 11) is 3.08. The molecule has 0 saturated carbocycles. The second-order valence-electron chi connectivity index (χ2n) is 5.33. The third kappa shape index (κ3) is 3.99. The number of hydrogen-bond donors (Lipinski definition) is 0. The fraction of sp³-hybridized carbons (Fsp3) is 0.263. The molecule has 2 aromatic rings. The van der Waals surface area contributed by atoms with Gasteiger partial charge in [0.25, 0.3) is 0 Å². The van der Waals surface area contributed by atoms with Crippen LogP contribution in [0.2, 0.25) is 10.0 Å². The van der Waals surface area contributed by atoms with Gasteiger partial charge in [-0.1, -0.05) is 35.3 Å². The van der Waals surface area contributed by atoms with Gasteiger partial charge in [-0.05, 0) is 29.8 Å². The van der Waals surface area contributed by atoms with Gasteiger partial charge >= 0.3 is 0 Å². The topological polar surface area (TPSA) is 66.0 Å². The fourth-order valence-electron chi connectivity index (χ4n) is 2.77. The van der Waals surface area contributed by atoms with Gasteiger partial charge in [-0.15, -0.1) is 0 Å². The van der Waals surface area contributed by atoms with Gasteiger partial charge in [-0.2, -0.15) is 10.5 Å². The van der Waals surface area contributed by atoms with Crippen LogP contribution in [-0.4, -0.2) is 14.2 Å². The van der Waals surface area contributed by atoms with Crippen LogP contribution in [-0.2, 0) is 0 Å². The zero-order chi connectivity index (χ0) is 18.4. The molecule has 0 aromatic heterocycles. The standard InChI is InChI=1S/C19H16Cl2N2O2/c1-24-17-7-6-12(10-18(17)25-2)13(8-9-22)14(11-23)19-15(20)4-3-5-16(19)21/h3-7,10,13-14H,8H2,1-2H3/t13-,14+/m0/s1. The molecule has 0 amide bonds. The van der Waals surface area contributed by atoms with Crippen LogP contribution in [0.4, 0.5) is 0 Å². The molecule has 0 fully saturated rings. The molecule has 0 heterocycles. The van der Waals surface area contributed by atoms with Crippen LogP contribution in [0.5, 0.6) is 11.5 Å². The van der Waals surface area contributed by atoms with E-state index < -0.39 is 11.8 Å². The van der Waals surface area contributed by atoms with Crippen LogP contribution in [0.1, 0.15) is 29.4 Å². The van der Waals surface area contributed by atoms with E-state index in [2.05, 4.69) is 12.1 Å². The number of methoxy groups -OCH3 is 2. The van der Waals surface area contributed by atoms with Crippen LogP contribution in [0, 0.1) is 22.7 Å². The Morgan fingerprint density at radius 3 is 2.16 bits per heavy atom. The van der Waals surface area contributed by atoms with Crippen LogP contribution < -0.4 is 9.47 Å². The van der Waals surface area contributed by atoms with Crippen LogP contribution in [0.25, 0.3) is 0 Å². The van der Waals surface area contributed by atoms with E-state index in [1.165, 1.54) is 7.11 Å². The summed E-state index contributed by atoms with van der Waals surface area (Å²) < 4.78 is 10.6. The van der Waals surface area contributed by atoms with Crippen molar-refractivity contribution in [3.8, 4) is 23.6 Å². The minimum Gasteiger partial charge on any atom is -0.493 e. The first-order chi connectivity index (χ1) is 12.1. The summed E-state index contributed by atoms with van der Waals surface area (Å²) in [6.07, 6.45) is 0.134. The zero-order valence-corrected chi connectivity index (χ0v) is 15.3. The lowest BCUT2D eigenvalue weighted by molar-refractivity contribution is 0.354. The van der Waals surface area contributed by atoms with Gasteiger partial charge in [-0.25, -0.2) is 0 Å². The monoisotopic (exact) mass is 374 g/mol. The summed E-state index contributed by atoms with van der Waals surface area (Å²) in [6.45, 7) is 0. The van der Waals surface area contributed by atoms with Crippen molar-refractivity contribution >= 4 is 23.2 Å². The third-order valence-corrected chi connectivity index (χ3v) is 4.66. The van der Waals surface area contributed by atoms with E-state index in [0.717, 1.165) is 5.56 Å². The van der Waals surface area contributed by atoms with Crippen LogP contribution in [0.15, 0.2) is 36.4 Å². The smallest absolute Gasteiger partial charge is 0.160 e. The van der Waals surface area contributed by atoms with Crippen molar-refractivity contribution in [1.29, 1.82) is 10.5 Å². The van der Waals surface area contributed by atoms with Crippen molar-refractivity contribution in [2.45, 2.75) is 18.3 Å². The van der Waals surface area contributed by atoms with E-state index in [9.17, 15) is 10.5 Å². The highest BCUT2D eigenvalue weighted by Crippen LogP contribution is 2.43. The Kier molecular flexibility index (Phi) is 6.53. The predicted octanol–water partition coefficient (Wildman–Crippen LogP) is 5.32. The molecule has 0 spiro atoms. The Hall–Kier alpha value is -2.40. The first-order valence-electron chi connectivity index (χ1n) is 7.49. The summed E-state index contributed by atoms with van der Waals surface area (Å²) >= 11 is 12.6. The minimum atomic E-state index is -0.668. The average molecular weight is 375 g/mol. The fourth-order valence-corrected chi connectivity index (χ4v) is 3.41. The summed E-state index contributed by atoms with van der Waals surface area (Å²) in [6, 6.07) is 14.8. The molecule has 2 aromatic carbocycles. The summed E-state index contributed by atoms with van der Waals surface area (Å²) in [5, 5.41) is 19.9. The number of nitrogens with zero attached hydrogens (tertiary/aromatic N) is 2. The molecule has 0 saturated heterocycles. The maximum absolute atomic E-state index is 9.78. The van der Waals surface area contributed by atoms with Crippen LogP contribution in [0.3, 0.4) is 0 Å². The lowest BCUT2D eigenvalue weighted by atomic mass is 9.80. The molecule has 0 aliphatic rings. The first-order valence-corrected chi connectivity index (χ1v) is 8.25. The number of rotatable bonds is 6. The van der Waals surface area contributed by atoms with E-state index in [1.54, 1.807) is 37.4 Å². The van der Waals surface area contributed by atoms with Gasteiger partial charge in [0.2, 0.25) is 0 Å².